The summed E-state index contributed by atoms with van der Waals surface area (Å²) in [7, 11) is 0. The van der Waals surface area contributed by atoms with E-state index in [1.54, 1.807) is 0 Å². The van der Waals surface area contributed by atoms with Gasteiger partial charge in [0.25, 0.3) is 0 Å². The van der Waals surface area contributed by atoms with Gasteiger partial charge in [-0.3, -0.25) is 9.80 Å². The second-order valence-corrected chi connectivity index (χ2v) is 6.59. The van der Waals surface area contributed by atoms with Gasteiger partial charge in [-0.1, -0.05) is 26.2 Å². The maximum absolute atomic E-state index is 2.79. The molecule has 17 heavy (non-hydrogen) atoms. The summed E-state index contributed by atoms with van der Waals surface area (Å²) in [5.41, 5.74) is 0. The van der Waals surface area contributed by atoms with Crippen LogP contribution >= 0.6 is 0 Å². The van der Waals surface area contributed by atoms with E-state index in [2.05, 4.69) is 16.7 Å². The number of hydrogen-bond acceptors (Lipinski definition) is 2. The first kappa shape index (κ1) is 12.0. The van der Waals surface area contributed by atoms with Gasteiger partial charge in [0.1, 0.15) is 0 Å². The van der Waals surface area contributed by atoms with E-state index in [9.17, 15) is 0 Å². The minimum absolute atomic E-state index is 0.936. The lowest BCUT2D eigenvalue weighted by Crippen LogP contribution is -2.55. The van der Waals surface area contributed by atoms with Gasteiger partial charge in [-0.15, -0.1) is 0 Å². The number of hydrogen-bond donors (Lipinski definition) is 0. The van der Waals surface area contributed by atoms with Gasteiger partial charge in [0.15, 0.2) is 0 Å². The van der Waals surface area contributed by atoms with Crippen molar-refractivity contribution in [2.24, 2.45) is 5.92 Å². The molecule has 0 bridgehead atoms. The monoisotopic (exact) mass is 236 g/mol. The first-order valence-electron chi connectivity index (χ1n) is 7.81. The number of piperazine rings is 1. The average Bonchev–Trinajstić information content (AvgIpc) is 2.36. The standard InChI is InChI=1S/C15H28N2/c1-13-11-15(12-13)17-9-7-16(8-10-17)14-5-3-2-4-6-14/h13-15H,2-12H2,1H3. The molecule has 0 aromatic heterocycles. The van der Waals surface area contributed by atoms with Crippen molar-refractivity contribution in [2.45, 2.75) is 64.0 Å². The van der Waals surface area contributed by atoms with Crippen LogP contribution < -0.4 is 0 Å². The van der Waals surface area contributed by atoms with Crippen molar-refractivity contribution < 1.29 is 0 Å². The lowest BCUT2D eigenvalue weighted by atomic mass is 9.80. The van der Waals surface area contributed by atoms with Gasteiger partial charge in [-0.2, -0.15) is 0 Å². The van der Waals surface area contributed by atoms with Crippen LogP contribution in [0.15, 0.2) is 0 Å². The predicted molar refractivity (Wildman–Crippen MR) is 72.2 cm³/mol. The molecule has 98 valence electrons. The largest absolute Gasteiger partial charge is 0.298 e. The highest BCUT2D eigenvalue weighted by atomic mass is 15.3. The molecule has 0 radical (unpaired) electrons. The zero-order valence-corrected chi connectivity index (χ0v) is 11.4. The highest BCUT2D eigenvalue weighted by molar-refractivity contribution is 4.89. The van der Waals surface area contributed by atoms with Crippen LogP contribution in [0.3, 0.4) is 0 Å². The molecular weight excluding hydrogens is 208 g/mol. The van der Waals surface area contributed by atoms with E-state index in [4.69, 9.17) is 0 Å². The van der Waals surface area contributed by atoms with Crippen LogP contribution in [0, 0.1) is 5.92 Å². The summed E-state index contributed by atoms with van der Waals surface area (Å²) in [6.07, 6.45) is 10.3. The Labute approximate surface area is 106 Å². The Hall–Kier alpha value is -0.0800. The summed E-state index contributed by atoms with van der Waals surface area (Å²) >= 11 is 0. The highest BCUT2D eigenvalue weighted by Gasteiger charge is 2.33. The Bertz CT molecular complexity index is 233. The molecule has 0 aromatic rings. The maximum atomic E-state index is 2.79. The molecule has 0 amide bonds. The Morgan fingerprint density at radius 2 is 1.24 bits per heavy atom. The molecule has 0 N–H and O–H groups in total. The van der Waals surface area contributed by atoms with Gasteiger partial charge < -0.3 is 0 Å². The molecular formula is C15H28N2. The van der Waals surface area contributed by atoms with E-state index in [0.29, 0.717) is 0 Å². The summed E-state index contributed by atoms with van der Waals surface area (Å²) in [6.45, 7) is 7.77. The second kappa shape index (κ2) is 5.27. The molecule has 2 aliphatic carbocycles. The van der Waals surface area contributed by atoms with Crippen LogP contribution in [0.2, 0.25) is 0 Å². The summed E-state index contributed by atoms with van der Waals surface area (Å²) < 4.78 is 0. The van der Waals surface area contributed by atoms with Gasteiger partial charge in [0, 0.05) is 38.3 Å². The zero-order valence-electron chi connectivity index (χ0n) is 11.4. The first-order chi connectivity index (χ1) is 8.33. The molecule has 0 aromatic carbocycles. The van der Waals surface area contributed by atoms with E-state index in [1.807, 2.05) is 0 Å². The molecule has 2 saturated carbocycles. The van der Waals surface area contributed by atoms with Crippen molar-refractivity contribution in [3.05, 3.63) is 0 Å². The van der Waals surface area contributed by atoms with Crippen molar-refractivity contribution in [1.82, 2.24) is 9.80 Å². The fourth-order valence-corrected chi connectivity index (χ4v) is 4.07. The van der Waals surface area contributed by atoms with E-state index >= 15 is 0 Å². The Morgan fingerprint density at radius 3 is 1.76 bits per heavy atom. The van der Waals surface area contributed by atoms with E-state index in [1.165, 1.54) is 71.1 Å². The number of nitrogens with zero attached hydrogens (tertiary/aromatic N) is 2. The fraction of sp³-hybridized carbons (Fsp3) is 1.00. The Kier molecular flexibility index (Phi) is 3.72. The molecule has 0 unspecified atom stereocenters. The van der Waals surface area contributed by atoms with Crippen LogP contribution in [-0.4, -0.2) is 48.1 Å². The SMILES string of the molecule is CC1CC(N2CCN(C3CCCCC3)CC2)C1. The van der Waals surface area contributed by atoms with E-state index in [-0.39, 0.29) is 0 Å². The molecule has 1 heterocycles. The summed E-state index contributed by atoms with van der Waals surface area (Å²) in [4.78, 5) is 5.55. The van der Waals surface area contributed by atoms with Crippen molar-refractivity contribution >= 4 is 0 Å². The Morgan fingerprint density at radius 1 is 0.706 bits per heavy atom. The lowest BCUT2D eigenvalue weighted by Gasteiger charge is -2.47. The minimum atomic E-state index is 0.936. The number of rotatable bonds is 2. The molecule has 0 spiro atoms. The van der Waals surface area contributed by atoms with Gasteiger partial charge in [-0.05, 0) is 31.6 Å². The van der Waals surface area contributed by atoms with Crippen LogP contribution in [0.4, 0.5) is 0 Å². The predicted octanol–water partition coefficient (Wildman–Crippen LogP) is 2.74. The lowest BCUT2D eigenvalue weighted by molar-refractivity contribution is 0.0176. The van der Waals surface area contributed by atoms with Crippen molar-refractivity contribution in [2.75, 3.05) is 26.2 Å². The molecule has 3 fully saturated rings. The van der Waals surface area contributed by atoms with Gasteiger partial charge in [0.05, 0.1) is 0 Å². The molecule has 2 nitrogen and oxygen atoms in total. The molecule has 2 heteroatoms. The zero-order chi connectivity index (χ0) is 11.7. The molecule has 0 atom stereocenters. The minimum Gasteiger partial charge on any atom is -0.298 e. The van der Waals surface area contributed by atoms with Crippen molar-refractivity contribution in [3.63, 3.8) is 0 Å². The first-order valence-corrected chi connectivity index (χ1v) is 7.81. The normalized spacial score (nSPS) is 37.9. The topological polar surface area (TPSA) is 6.48 Å². The van der Waals surface area contributed by atoms with Crippen LogP contribution in [0.1, 0.15) is 51.9 Å². The Balaban J connectivity index is 1.43. The van der Waals surface area contributed by atoms with Gasteiger partial charge in [0.2, 0.25) is 0 Å². The summed E-state index contributed by atoms with van der Waals surface area (Å²) in [5, 5.41) is 0. The van der Waals surface area contributed by atoms with Gasteiger partial charge in [-0.25, -0.2) is 0 Å². The maximum Gasteiger partial charge on any atom is 0.0113 e. The van der Waals surface area contributed by atoms with Crippen molar-refractivity contribution in [3.8, 4) is 0 Å². The van der Waals surface area contributed by atoms with E-state index in [0.717, 1.165) is 18.0 Å². The summed E-state index contributed by atoms with van der Waals surface area (Å²) in [6, 6.07) is 1.88. The third-order valence-corrected chi connectivity index (χ3v) is 5.31. The van der Waals surface area contributed by atoms with Gasteiger partial charge >= 0.3 is 0 Å². The highest BCUT2D eigenvalue weighted by Crippen LogP contribution is 2.32. The van der Waals surface area contributed by atoms with E-state index < -0.39 is 0 Å². The average molecular weight is 236 g/mol. The molecule has 3 aliphatic rings. The second-order valence-electron chi connectivity index (χ2n) is 6.59. The molecule has 1 saturated heterocycles. The smallest absolute Gasteiger partial charge is 0.0113 e. The van der Waals surface area contributed by atoms with Crippen LogP contribution in [0.25, 0.3) is 0 Å². The third-order valence-electron chi connectivity index (χ3n) is 5.31. The molecule has 3 rings (SSSR count). The fourth-order valence-electron chi connectivity index (χ4n) is 4.07. The third kappa shape index (κ3) is 2.68. The molecule has 1 aliphatic heterocycles. The van der Waals surface area contributed by atoms with Crippen molar-refractivity contribution in [1.29, 1.82) is 0 Å². The summed E-state index contributed by atoms with van der Waals surface area (Å²) in [5.74, 6) is 0.997. The van der Waals surface area contributed by atoms with Crippen LogP contribution in [0.5, 0.6) is 0 Å². The van der Waals surface area contributed by atoms with Crippen LogP contribution in [-0.2, 0) is 0 Å². The quantitative estimate of drug-likeness (QED) is 0.727.